The van der Waals surface area contributed by atoms with Crippen LogP contribution >= 0.6 is 23.2 Å². The molecule has 0 aliphatic heterocycles. The molecule has 0 spiro atoms. The molecule has 23 heavy (non-hydrogen) atoms. The number of amides is 1. The van der Waals surface area contributed by atoms with Gasteiger partial charge < -0.3 is 5.32 Å². The number of carbonyl (C=O) groups excluding carboxylic acids is 1. The van der Waals surface area contributed by atoms with Gasteiger partial charge in [0.2, 0.25) is 5.91 Å². The van der Waals surface area contributed by atoms with Crippen LogP contribution < -0.4 is 5.32 Å². The summed E-state index contributed by atoms with van der Waals surface area (Å²) in [7, 11) is 0. The number of anilines is 1. The summed E-state index contributed by atoms with van der Waals surface area (Å²) >= 11 is 11.8. The van der Waals surface area contributed by atoms with Crippen LogP contribution in [0.2, 0.25) is 10.2 Å². The quantitative estimate of drug-likeness (QED) is 0.731. The number of rotatable bonds is 4. The summed E-state index contributed by atoms with van der Waals surface area (Å²) in [4.78, 5) is 16.0. The molecule has 0 unspecified atom stereocenters. The van der Waals surface area contributed by atoms with E-state index in [1.807, 2.05) is 36.5 Å². The summed E-state index contributed by atoms with van der Waals surface area (Å²) < 4.78 is 1.72. The minimum Gasteiger partial charge on any atom is -0.324 e. The Kier molecular flexibility index (Phi) is 4.60. The second-order valence-electron chi connectivity index (χ2n) is 4.82. The Morgan fingerprint density at radius 3 is 2.74 bits per heavy atom. The zero-order valence-electron chi connectivity index (χ0n) is 11.9. The van der Waals surface area contributed by atoms with Crippen molar-refractivity contribution in [3.8, 4) is 5.69 Å². The van der Waals surface area contributed by atoms with Crippen molar-refractivity contribution in [2.24, 2.45) is 0 Å². The monoisotopic (exact) mass is 346 g/mol. The highest BCUT2D eigenvalue weighted by Gasteiger charge is 2.11. The minimum absolute atomic E-state index is 0.154. The first-order valence-electron chi connectivity index (χ1n) is 6.82. The Bertz CT molecular complexity index is 833. The first kappa shape index (κ1) is 15.5. The van der Waals surface area contributed by atoms with Crippen molar-refractivity contribution in [2.75, 3.05) is 5.32 Å². The van der Waals surface area contributed by atoms with Gasteiger partial charge in [0, 0.05) is 12.4 Å². The zero-order chi connectivity index (χ0) is 16.2. The third kappa shape index (κ3) is 3.70. The topological polar surface area (TPSA) is 59.8 Å². The van der Waals surface area contributed by atoms with Gasteiger partial charge in [-0.3, -0.25) is 4.79 Å². The van der Waals surface area contributed by atoms with Gasteiger partial charge in [-0.25, -0.2) is 9.67 Å². The van der Waals surface area contributed by atoms with E-state index in [1.54, 1.807) is 16.9 Å². The molecule has 7 heteroatoms. The smallest absolute Gasteiger partial charge is 0.228 e. The van der Waals surface area contributed by atoms with Gasteiger partial charge in [-0.2, -0.15) is 5.10 Å². The predicted octanol–water partition coefficient (Wildman–Crippen LogP) is 3.76. The molecule has 3 rings (SSSR count). The van der Waals surface area contributed by atoms with E-state index in [1.165, 1.54) is 6.20 Å². The fourth-order valence-corrected chi connectivity index (χ4v) is 2.39. The summed E-state index contributed by atoms with van der Waals surface area (Å²) in [6, 6.07) is 11.3. The van der Waals surface area contributed by atoms with E-state index in [0.29, 0.717) is 5.69 Å². The molecule has 0 saturated heterocycles. The minimum atomic E-state index is -0.207. The van der Waals surface area contributed by atoms with Crippen molar-refractivity contribution < 1.29 is 4.79 Å². The Morgan fingerprint density at radius 1 is 1.17 bits per heavy atom. The maximum atomic E-state index is 12.1. The number of hydrogen-bond donors (Lipinski definition) is 1. The van der Waals surface area contributed by atoms with Gasteiger partial charge in [-0.1, -0.05) is 41.4 Å². The highest BCUT2D eigenvalue weighted by atomic mass is 35.5. The van der Waals surface area contributed by atoms with Crippen molar-refractivity contribution in [1.29, 1.82) is 0 Å². The number of nitrogens with one attached hydrogen (secondary N) is 1. The maximum Gasteiger partial charge on any atom is 0.228 e. The summed E-state index contributed by atoms with van der Waals surface area (Å²) in [6.45, 7) is 0. The molecule has 0 atom stereocenters. The third-order valence-electron chi connectivity index (χ3n) is 3.14. The lowest BCUT2D eigenvalue weighted by atomic mass is 10.2. The number of pyridine rings is 1. The van der Waals surface area contributed by atoms with E-state index >= 15 is 0 Å². The Morgan fingerprint density at radius 2 is 1.96 bits per heavy atom. The average molecular weight is 347 g/mol. The number of halogens is 2. The van der Waals surface area contributed by atoms with E-state index in [2.05, 4.69) is 15.4 Å². The molecule has 0 radical (unpaired) electrons. The van der Waals surface area contributed by atoms with Gasteiger partial charge in [0.05, 0.1) is 24.0 Å². The van der Waals surface area contributed by atoms with Crippen LogP contribution in [0.15, 0.2) is 55.0 Å². The molecule has 0 aliphatic carbocycles. The standard InChI is InChI=1S/C16H12Cl2N4O/c17-15-13(6-7-19-16(15)18)21-14(23)8-11-9-20-22(10-11)12-4-2-1-3-5-12/h1-7,9-10H,8H2,(H,19,21,23). The SMILES string of the molecule is O=C(Cc1cnn(-c2ccccc2)c1)Nc1ccnc(Cl)c1Cl. The molecule has 5 nitrogen and oxygen atoms in total. The van der Waals surface area contributed by atoms with Gasteiger partial charge in [-0.15, -0.1) is 0 Å². The van der Waals surface area contributed by atoms with E-state index in [-0.39, 0.29) is 22.5 Å². The van der Waals surface area contributed by atoms with E-state index in [9.17, 15) is 4.79 Å². The lowest BCUT2D eigenvalue weighted by Gasteiger charge is -2.06. The molecule has 0 bridgehead atoms. The summed E-state index contributed by atoms with van der Waals surface area (Å²) in [5, 5.41) is 7.35. The Hall–Kier alpha value is -2.37. The van der Waals surface area contributed by atoms with E-state index in [0.717, 1.165) is 11.3 Å². The molecule has 0 saturated carbocycles. The van der Waals surface area contributed by atoms with Gasteiger partial charge in [-0.05, 0) is 23.8 Å². The van der Waals surface area contributed by atoms with Crippen LogP contribution in [-0.4, -0.2) is 20.7 Å². The Labute approximate surface area is 142 Å². The molecule has 0 fully saturated rings. The number of aromatic nitrogens is 3. The number of carbonyl (C=O) groups is 1. The van der Waals surface area contributed by atoms with E-state index < -0.39 is 0 Å². The van der Waals surface area contributed by atoms with Crippen LogP contribution in [0.4, 0.5) is 5.69 Å². The van der Waals surface area contributed by atoms with Gasteiger partial charge in [0.1, 0.15) is 10.2 Å². The maximum absolute atomic E-state index is 12.1. The lowest BCUT2D eigenvalue weighted by molar-refractivity contribution is -0.115. The van der Waals surface area contributed by atoms with Crippen LogP contribution in [0, 0.1) is 0 Å². The molecule has 2 aromatic heterocycles. The largest absolute Gasteiger partial charge is 0.324 e. The molecule has 1 aromatic carbocycles. The molecule has 116 valence electrons. The molecule has 1 amide bonds. The van der Waals surface area contributed by atoms with Gasteiger partial charge >= 0.3 is 0 Å². The second-order valence-corrected chi connectivity index (χ2v) is 5.55. The summed E-state index contributed by atoms with van der Waals surface area (Å²) in [5.41, 5.74) is 2.16. The first-order chi connectivity index (χ1) is 11.1. The molecule has 1 N–H and O–H groups in total. The van der Waals surface area contributed by atoms with Crippen LogP contribution in [0.1, 0.15) is 5.56 Å². The Balaban J connectivity index is 1.69. The fraction of sp³-hybridized carbons (Fsp3) is 0.0625. The normalized spacial score (nSPS) is 10.5. The van der Waals surface area contributed by atoms with Crippen molar-refractivity contribution in [3.05, 3.63) is 70.7 Å². The van der Waals surface area contributed by atoms with E-state index in [4.69, 9.17) is 23.2 Å². The summed E-state index contributed by atoms with van der Waals surface area (Å²) in [6.07, 6.45) is 5.14. The van der Waals surface area contributed by atoms with Crippen LogP contribution in [0.25, 0.3) is 5.69 Å². The molecule has 2 heterocycles. The van der Waals surface area contributed by atoms with Crippen molar-refractivity contribution in [1.82, 2.24) is 14.8 Å². The summed E-state index contributed by atoms with van der Waals surface area (Å²) in [5.74, 6) is -0.207. The van der Waals surface area contributed by atoms with Crippen LogP contribution in [-0.2, 0) is 11.2 Å². The number of benzene rings is 1. The highest BCUT2D eigenvalue weighted by molar-refractivity contribution is 6.43. The highest BCUT2D eigenvalue weighted by Crippen LogP contribution is 2.27. The number of para-hydroxylation sites is 1. The van der Waals surface area contributed by atoms with Crippen LogP contribution in [0.5, 0.6) is 0 Å². The van der Waals surface area contributed by atoms with Crippen molar-refractivity contribution >= 4 is 34.8 Å². The van der Waals surface area contributed by atoms with Gasteiger partial charge in [0.25, 0.3) is 0 Å². The van der Waals surface area contributed by atoms with Crippen LogP contribution in [0.3, 0.4) is 0 Å². The third-order valence-corrected chi connectivity index (χ3v) is 3.91. The molecule has 3 aromatic rings. The molecular formula is C16H12Cl2N4O. The van der Waals surface area contributed by atoms with Crippen molar-refractivity contribution in [3.63, 3.8) is 0 Å². The zero-order valence-corrected chi connectivity index (χ0v) is 13.4. The molecule has 0 aliphatic rings. The average Bonchev–Trinajstić information content (AvgIpc) is 3.01. The first-order valence-corrected chi connectivity index (χ1v) is 7.58. The second kappa shape index (κ2) is 6.81. The predicted molar refractivity (Wildman–Crippen MR) is 90.2 cm³/mol. The number of hydrogen-bond acceptors (Lipinski definition) is 3. The fourth-order valence-electron chi connectivity index (χ4n) is 2.07. The van der Waals surface area contributed by atoms with Gasteiger partial charge in [0.15, 0.2) is 0 Å². The molecular weight excluding hydrogens is 335 g/mol. The van der Waals surface area contributed by atoms with Crippen molar-refractivity contribution in [2.45, 2.75) is 6.42 Å². The number of nitrogens with zero attached hydrogens (tertiary/aromatic N) is 3. The lowest BCUT2D eigenvalue weighted by Crippen LogP contribution is -2.14.